The zero-order chi connectivity index (χ0) is 20.0. The van der Waals surface area contributed by atoms with E-state index in [-0.39, 0.29) is 11.8 Å². The van der Waals surface area contributed by atoms with Crippen molar-refractivity contribution < 1.29 is 19.1 Å². The number of nitrogens with one attached hydrogen (secondary N) is 1. The van der Waals surface area contributed by atoms with Gasteiger partial charge in [-0.25, -0.2) is 4.79 Å². The molecule has 27 heavy (non-hydrogen) atoms. The summed E-state index contributed by atoms with van der Waals surface area (Å²) in [4.78, 5) is 30.0. The lowest BCUT2D eigenvalue weighted by molar-refractivity contribution is 0.0525. The van der Waals surface area contributed by atoms with Gasteiger partial charge in [0.15, 0.2) is 5.78 Å². The van der Waals surface area contributed by atoms with Crippen molar-refractivity contribution in [2.45, 2.75) is 33.7 Å². The molecule has 2 aromatic rings. The molecule has 1 N–H and O–H groups in total. The maximum Gasteiger partial charge on any atom is 0.340 e. The molecule has 0 amide bonds. The molecule has 0 fully saturated rings. The Kier molecular flexibility index (Phi) is 7.19. The Morgan fingerprint density at radius 2 is 1.85 bits per heavy atom. The summed E-state index contributed by atoms with van der Waals surface area (Å²) in [6, 6.07) is 9.22. The molecule has 0 saturated carbocycles. The summed E-state index contributed by atoms with van der Waals surface area (Å²) >= 11 is 0. The van der Waals surface area contributed by atoms with Crippen molar-refractivity contribution in [2.75, 3.05) is 26.8 Å². The van der Waals surface area contributed by atoms with E-state index < -0.39 is 5.97 Å². The molecule has 6 nitrogen and oxygen atoms in total. The lowest BCUT2D eigenvalue weighted by Gasteiger charge is -2.23. The SMILES string of the molecule is CCOC(=O)c1c(C)[nH]c(C(=O)[C@H](C)N(C)CCOc2ccccc2)c1C. The van der Waals surface area contributed by atoms with E-state index in [0.29, 0.717) is 42.3 Å². The largest absolute Gasteiger partial charge is 0.492 e. The van der Waals surface area contributed by atoms with Crippen LogP contribution >= 0.6 is 0 Å². The fourth-order valence-electron chi connectivity index (χ4n) is 2.93. The summed E-state index contributed by atoms with van der Waals surface area (Å²) < 4.78 is 10.8. The van der Waals surface area contributed by atoms with E-state index in [1.165, 1.54) is 0 Å². The monoisotopic (exact) mass is 372 g/mol. The average Bonchev–Trinajstić information content (AvgIpc) is 2.95. The van der Waals surface area contributed by atoms with Gasteiger partial charge in [-0.05, 0) is 52.4 Å². The van der Waals surface area contributed by atoms with Gasteiger partial charge in [-0.1, -0.05) is 18.2 Å². The summed E-state index contributed by atoms with van der Waals surface area (Å²) in [6.45, 7) is 8.54. The predicted octanol–water partition coefficient (Wildman–Crippen LogP) is 3.39. The van der Waals surface area contributed by atoms with Crippen molar-refractivity contribution in [3.63, 3.8) is 0 Å². The van der Waals surface area contributed by atoms with Gasteiger partial charge in [-0.2, -0.15) is 0 Å². The number of likely N-dealkylation sites (N-methyl/N-ethyl adjacent to an activating group) is 1. The third-order valence-corrected chi connectivity index (χ3v) is 4.66. The summed E-state index contributed by atoms with van der Waals surface area (Å²) in [5, 5.41) is 0. The molecule has 1 atom stereocenters. The fraction of sp³-hybridized carbons (Fsp3) is 0.429. The minimum Gasteiger partial charge on any atom is -0.492 e. The second kappa shape index (κ2) is 9.37. The van der Waals surface area contributed by atoms with Crippen molar-refractivity contribution in [1.82, 2.24) is 9.88 Å². The number of carbonyl (C=O) groups is 2. The number of carbonyl (C=O) groups excluding carboxylic acids is 2. The van der Waals surface area contributed by atoms with Crippen molar-refractivity contribution in [1.29, 1.82) is 0 Å². The third-order valence-electron chi connectivity index (χ3n) is 4.66. The van der Waals surface area contributed by atoms with E-state index in [1.54, 1.807) is 20.8 Å². The quantitative estimate of drug-likeness (QED) is 0.540. The van der Waals surface area contributed by atoms with Crippen LogP contribution in [0.2, 0.25) is 0 Å². The van der Waals surface area contributed by atoms with Crippen LogP contribution in [0.5, 0.6) is 5.75 Å². The van der Waals surface area contributed by atoms with Crippen LogP contribution in [-0.4, -0.2) is 54.5 Å². The predicted molar refractivity (Wildman–Crippen MR) is 105 cm³/mol. The molecule has 6 heteroatoms. The van der Waals surface area contributed by atoms with Crippen LogP contribution in [0.25, 0.3) is 0 Å². The molecule has 1 aromatic heterocycles. The Labute approximate surface area is 160 Å². The van der Waals surface area contributed by atoms with Gasteiger partial charge in [-0.3, -0.25) is 9.69 Å². The van der Waals surface area contributed by atoms with E-state index in [0.717, 1.165) is 5.75 Å². The number of ether oxygens (including phenoxy) is 2. The van der Waals surface area contributed by atoms with Gasteiger partial charge in [-0.15, -0.1) is 0 Å². The molecular weight excluding hydrogens is 344 g/mol. The summed E-state index contributed by atoms with van der Waals surface area (Å²) in [5.41, 5.74) is 2.19. The Morgan fingerprint density at radius 1 is 1.19 bits per heavy atom. The lowest BCUT2D eigenvalue weighted by atomic mass is 10.0. The van der Waals surface area contributed by atoms with Crippen molar-refractivity contribution in [3.05, 3.63) is 52.8 Å². The Hall–Kier alpha value is -2.60. The zero-order valence-electron chi connectivity index (χ0n) is 16.7. The molecule has 0 unspecified atom stereocenters. The summed E-state index contributed by atoms with van der Waals surface area (Å²) in [6.07, 6.45) is 0. The average molecular weight is 372 g/mol. The molecule has 0 aliphatic rings. The molecule has 1 heterocycles. The Balaban J connectivity index is 2.01. The number of nitrogens with zero attached hydrogens (tertiary/aromatic N) is 1. The normalized spacial score (nSPS) is 12.1. The van der Waals surface area contributed by atoms with Gasteiger partial charge >= 0.3 is 5.97 Å². The van der Waals surface area contributed by atoms with Gasteiger partial charge < -0.3 is 14.5 Å². The number of H-pyrrole nitrogens is 1. The lowest BCUT2D eigenvalue weighted by Crippen LogP contribution is -2.38. The molecule has 1 aromatic carbocycles. The molecule has 2 rings (SSSR count). The Morgan fingerprint density at radius 3 is 2.48 bits per heavy atom. The van der Waals surface area contributed by atoms with E-state index in [2.05, 4.69) is 4.98 Å². The number of aromatic nitrogens is 1. The highest BCUT2D eigenvalue weighted by Crippen LogP contribution is 2.21. The number of benzene rings is 1. The first-order valence-corrected chi connectivity index (χ1v) is 9.15. The molecular formula is C21H28N2O4. The number of Topliss-reactive ketones (excluding diaryl/α,β-unsaturated/α-hetero) is 1. The summed E-state index contributed by atoms with van der Waals surface area (Å²) in [5.74, 6) is 0.341. The maximum absolute atomic E-state index is 12.9. The molecule has 0 bridgehead atoms. The van der Waals surface area contributed by atoms with Crippen molar-refractivity contribution >= 4 is 11.8 Å². The Bertz CT molecular complexity index is 783. The molecule has 146 valence electrons. The maximum atomic E-state index is 12.9. The van der Waals surface area contributed by atoms with Gasteiger partial charge in [0.2, 0.25) is 0 Å². The van der Waals surface area contributed by atoms with E-state index in [9.17, 15) is 9.59 Å². The van der Waals surface area contributed by atoms with Crippen molar-refractivity contribution in [2.24, 2.45) is 0 Å². The van der Waals surface area contributed by atoms with Crippen LogP contribution in [0.3, 0.4) is 0 Å². The second-order valence-electron chi connectivity index (χ2n) is 6.53. The summed E-state index contributed by atoms with van der Waals surface area (Å²) in [7, 11) is 1.88. The number of aryl methyl sites for hydroxylation is 1. The van der Waals surface area contributed by atoms with E-state index in [4.69, 9.17) is 9.47 Å². The fourth-order valence-corrected chi connectivity index (χ4v) is 2.93. The molecule has 0 aliphatic heterocycles. The van der Waals surface area contributed by atoms with Crippen LogP contribution in [0.4, 0.5) is 0 Å². The molecule has 0 saturated heterocycles. The van der Waals surface area contributed by atoms with Crippen LogP contribution in [0, 0.1) is 13.8 Å². The van der Waals surface area contributed by atoms with Gasteiger partial charge in [0.25, 0.3) is 0 Å². The topological polar surface area (TPSA) is 71.6 Å². The number of esters is 1. The highest BCUT2D eigenvalue weighted by molar-refractivity contribution is 6.03. The first-order chi connectivity index (χ1) is 12.9. The first-order valence-electron chi connectivity index (χ1n) is 9.15. The zero-order valence-corrected chi connectivity index (χ0v) is 16.7. The number of ketones is 1. The number of hydrogen-bond donors (Lipinski definition) is 1. The van der Waals surface area contributed by atoms with Crippen LogP contribution in [-0.2, 0) is 4.74 Å². The molecule has 0 spiro atoms. The minimum atomic E-state index is -0.403. The van der Waals surface area contributed by atoms with E-state index >= 15 is 0 Å². The standard InChI is InChI=1S/C21H28N2O4/c1-6-26-21(25)18-14(2)19(22-15(18)3)20(24)16(4)23(5)12-13-27-17-10-8-7-9-11-17/h7-11,16,22H,6,12-13H2,1-5H3/t16-/m0/s1. The number of aromatic amines is 1. The van der Waals surface area contributed by atoms with Crippen molar-refractivity contribution in [3.8, 4) is 5.75 Å². The van der Waals surface area contributed by atoms with Gasteiger partial charge in [0.1, 0.15) is 12.4 Å². The van der Waals surface area contributed by atoms with E-state index in [1.807, 2.05) is 49.2 Å². The van der Waals surface area contributed by atoms with Gasteiger partial charge in [0.05, 0.1) is 23.9 Å². The van der Waals surface area contributed by atoms with Crippen LogP contribution in [0.15, 0.2) is 30.3 Å². The van der Waals surface area contributed by atoms with Crippen LogP contribution in [0.1, 0.15) is 46.0 Å². The second-order valence-corrected chi connectivity index (χ2v) is 6.53. The van der Waals surface area contributed by atoms with Gasteiger partial charge in [0, 0.05) is 12.2 Å². The first kappa shape index (κ1) is 20.7. The number of rotatable bonds is 9. The van der Waals surface area contributed by atoms with Crippen LogP contribution < -0.4 is 4.74 Å². The minimum absolute atomic E-state index is 0.0617. The smallest absolute Gasteiger partial charge is 0.340 e. The molecule has 0 radical (unpaired) electrons. The highest BCUT2D eigenvalue weighted by atomic mass is 16.5. The highest BCUT2D eigenvalue weighted by Gasteiger charge is 2.27. The third kappa shape index (κ3) is 4.98. The molecule has 0 aliphatic carbocycles. The number of para-hydroxylation sites is 1. The number of hydrogen-bond acceptors (Lipinski definition) is 5.